The zero-order valence-electron chi connectivity index (χ0n) is 35.1. The Labute approximate surface area is 338 Å². The number of aromatic nitrogens is 2. The van der Waals surface area contributed by atoms with Crippen LogP contribution in [0.3, 0.4) is 0 Å². The van der Waals surface area contributed by atoms with E-state index >= 15 is 0 Å². The van der Waals surface area contributed by atoms with E-state index in [9.17, 15) is 14.4 Å². The second-order valence-corrected chi connectivity index (χ2v) is 19.6. The third-order valence-corrected chi connectivity index (χ3v) is 15.9. The number of esters is 3. The van der Waals surface area contributed by atoms with E-state index < -0.39 is 22.8 Å². The lowest BCUT2D eigenvalue weighted by atomic mass is 9.33. The maximum Gasteiger partial charge on any atom is 0.313 e. The lowest BCUT2D eigenvalue weighted by molar-refractivity contribution is -0.185. The number of hydrogen-bond acceptors (Lipinski definition) is 10. The number of rotatable bonds is 13. The van der Waals surface area contributed by atoms with E-state index in [0.29, 0.717) is 12.5 Å². The summed E-state index contributed by atoms with van der Waals surface area (Å²) in [6.07, 6.45) is 14.3. The highest BCUT2D eigenvalue weighted by molar-refractivity contribution is 5.79. The molecule has 5 aliphatic carbocycles. The van der Waals surface area contributed by atoms with Gasteiger partial charge in [0.2, 0.25) is 0 Å². The molecule has 1 aromatic heterocycles. The SMILES string of the molecule is CC1(C)CC[C@]2(C(=O)OCc3ccccc3)CC[C@]3(C)C(=CC[C@@H]4[C@@]5(C)Cc6nccnc6[C@@](C)(COC(=O)CCC(=O)OCCOCCO)[C@@H]5CC[C@]43C)[C@@H]2C1. The van der Waals surface area contributed by atoms with Crippen molar-refractivity contribution in [3.63, 3.8) is 0 Å². The van der Waals surface area contributed by atoms with Crippen molar-refractivity contribution in [1.82, 2.24) is 9.97 Å². The van der Waals surface area contributed by atoms with E-state index in [1.54, 1.807) is 12.4 Å². The van der Waals surface area contributed by atoms with E-state index in [1.807, 2.05) is 30.3 Å². The molecule has 10 nitrogen and oxygen atoms in total. The molecule has 310 valence electrons. The van der Waals surface area contributed by atoms with Crippen LogP contribution in [0.4, 0.5) is 0 Å². The number of hydrogen-bond donors (Lipinski definition) is 1. The molecule has 5 aliphatic rings. The molecule has 0 spiro atoms. The van der Waals surface area contributed by atoms with Crippen LogP contribution < -0.4 is 0 Å². The van der Waals surface area contributed by atoms with E-state index in [0.717, 1.165) is 74.7 Å². The molecule has 0 aliphatic heterocycles. The lowest BCUT2D eigenvalue weighted by Gasteiger charge is -2.70. The fourth-order valence-corrected chi connectivity index (χ4v) is 12.8. The number of benzene rings is 1. The third-order valence-electron chi connectivity index (χ3n) is 15.9. The first-order valence-corrected chi connectivity index (χ1v) is 21.3. The van der Waals surface area contributed by atoms with Crippen molar-refractivity contribution < 1.29 is 38.4 Å². The van der Waals surface area contributed by atoms with Crippen LogP contribution >= 0.6 is 0 Å². The molecular formula is C47H64N2O8. The van der Waals surface area contributed by atoms with E-state index in [1.165, 1.54) is 5.57 Å². The molecule has 0 bridgehead atoms. The van der Waals surface area contributed by atoms with Crippen LogP contribution in [0.25, 0.3) is 0 Å². The van der Waals surface area contributed by atoms with Crippen LogP contribution in [0.1, 0.15) is 123 Å². The summed E-state index contributed by atoms with van der Waals surface area (Å²) in [6, 6.07) is 10.0. The predicted molar refractivity (Wildman–Crippen MR) is 214 cm³/mol. The quantitative estimate of drug-likeness (QED) is 0.0925. The van der Waals surface area contributed by atoms with Crippen LogP contribution in [-0.2, 0) is 51.8 Å². The number of carbonyl (C=O) groups excluding carboxylic acids is 3. The highest BCUT2D eigenvalue weighted by atomic mass is 16.6. The Morgan fingerprint density at radius 1 is 0.807 bits per heavy atom. The number of fused-ring (bicyclic) bond motifs is 8. The van der Waals surface area contributed by atoms with Gasteiger partial charge in [-0.25, -0.2) is 0 Å². The maximum absolute atomic E-state index is 14.4. The second-order valence-electron chi connectivity index (χ2n) is 19.6. The van der Waals surface area contributed by atoms with Gasteiger partial charge in [0.25, 0.3) is 0 Å². The van der Waals surface area contributed by atoms with Gasteiger partial charge in [-0.3, -0.25) is 24.4 Å². The van der Waals surface area contributed by atoms with Gasteiger partial charge in [-0.1, -0.05) is 83.5 Å². The van der Waals surface area contributed by atoms with E-state index in [2.05, 4.69) is 47.6 Å². The molecule has 2 aromatic rings. The fourth-order valence-electron chi connectivity index (χ4n) is 12.8. The van der Waals surface area contributed by atoms with Gasteiger partial charge in [0.15, 0.2) is 0 Å². The first kappa shape index (κ1) is 41.5. The molecule has 3 saturated carbocycles. The summed E-state index contributed by atoms with van der Waals surface area (Å²) in [5.41, 5.74) is 3.19. The number of allylic oxidation sites excluding steroid dienone is 2. The smallest absolute Gasteiger partial charge is 0.313 e. The van der Waals surface area contributed by atoms with Crippen LogP contribution in [0.5, 0.6) is 0 Å². The molecule has 10 heteroatoms. The maximum atomic E-state index is 14.4. The van der Waals surface area contributed by atoms with Crippen LogP contribution in [0, 0.1) is 44.8 Å². The molecule has 0 saturated heterocycles. The fraction of sp³-hybridized carbons (Fsp3) is 0.681. The first-order chi connectivity index (χ1) is 27.1. The zero-order valence-corrected chi connectivity index (χ0v) is 35.1. The minimum Gasteiger partial charge on any atom is -0.465 e. The van der Waals surface area contributed by atoms with Gasteiger partial charge in [-0.2, -0.15) is 0 Å². The summed E-state index contributed by atoms with van der Waals surface area (Å²) in [5.74, 6) is -0.279. The molecule has 0 amide bonds. The average Bonchev–Trinajstić information content (AvgIpc) is 3.18. The van der Waals surface area contributed by atoms with Crippen molar-refractivity contribution in [3.05, 3.63) is 71.3 Å². The van der Waals surface area contributed by atoms with E-state index in [-0.39, 0.29) is 85.3 Å². The monoisotopic (exact) mass is 784 g/mol. The molecule has 1 aromatic carbocycles. The predicted octanol–water partition coefficient (Wildman–Crippen LogP) is 7.89. The van der Waals surface area contributed by atoms with Crippen LogP contribution in [-0.4, -0.2) is 66.0 Å². The third kappa shape index (κ3) is 7.36. The summed E-state index contributed by atoms with van der Waals surface area (Å²) in [4.78, 5) is 49.7. The highest BCUT2D eigenvalue weighted by Crippen LogP contribution is 2.75. The normalized spacial score (nSPS) is 34.9. The molecule has 0 unspecified atom stereocenters. The molecule has 1 N–H and O–H groups in total. The van der Waals surface area contributed by atoms with Crippen molar-refractivity contribution >= 4 is 17.9 Å². The standard InChI is InChI=1S/C47H64N2O8/c1-42(2)18-20-47(41(53)56-30-32-10-8-7-9-11-32)21-19-45(5)33(34(47)28-42)12-13-37-43(3)29-35-40(49-23-22-48-35)44(4,36(43)16-17-46(37,45)6)31-57-39(52)15-14-38(51)55-27-26-54-25-24-50/h7-12,22-23,34,36-37,50H,13-21,24-31H2,1-6H3/t34-,36+,37+,43-,44-,45+,46+,47-/m0/s1. The first-order valence-electron chi connectivity index (χ1n) is 21.3. The van der Waals surface area contributed by atoms with Crippen molar-refractivity contribution in [3.8, 4) is 0 Å². The summed E-state index contributed by atoms with van der Waals surface area (Å²) in [7, 11) is 0. The van der Waals surface area contributed by atoms with Crippen molar-refractivity contribution in [1.29, 1.82) is 0 Å². The minimum absolute atomic E-state index is 0.0220. The number of ether oxygens (including phenoxy) is 4. The largest absolute Gasteiger partial charge is 0.465 e. The Morgan fingerprint density at radius 3 is 2.28 bits per heavy atom. The second kappa shape index (κ2) is 15.9. The van der Waals surface area contributed by atoms with Gasteiger partial charge in [0.1, 0.15) is 19.8 Å². The molecular weight excluding hydrogens is 721 g/mol. The molecule has 0 radical (unpaired) electrons. The summed E-state index contributed by atoms with van der Waals surface area (Å²) in [5, 5.41) is 8.84. The highest BCUT2D eigenvalue weighted by Gasteiger charge is 2.70. The van der Waals surface area contributed by atoms with Gasteiger partial charge in [-0.15, -0.1) is 0 Å². The van der Waals surface area contributed by atoms with Gasteiger partial charge < -0.3 is 24.1 Å². The Kier molecular flexibility index (Phi) is 11.5. The van der Waals surface area contributed by atoms with Crippen LogP contribution in [0.15, 0.2) is 54.4 Å². The summed E-state index contributed by atoms with van der Waals surface area (Å²) >= 11 is 0. The van der Waals surface area contributed by atoms with Crippen LogP contribution in [0.2, 0.25) is 0 Å². The minimum atomic E-state index is -0.569. The number of aliphatic hydroxyl groups excluding tert-OH is 1. The molecule has 7 rings (SSSR count). The summed E-state index contributed by atoms with van der Waals surface area (Å²) < 4.78 is 22.6. The molecule has 57 heavy (non-hydrogen) atoms. The Hall–Kier alpha value is -3.63. The van der Waals surface area contributed by atoms with E-state index in [4.69, 9.17) is 34.0 Å². The topological polar surface area (TPSA) is 134 Å². The Balaban J connectivity index is 1.13. The average molecular weight is 785 g/mol. The van der Waals surface area contributed by atoms with Crippen molar-refractivity contribution in [2.75, 3.05) is 33.0 Å². The Morgan fingerprint density at radius 2 is 1.53 bits per heavy atom. The molecule has 1 heterocycles. The van der Waals surface area contributed by atoms with Gasteiger partial charge in [0.05, 0.1) is 49.5 Å². The van der Waals surface area contributed by atoms with Crippen molar-refractivity contribution in [2.45, 2.75) is 124 Å². The van der Waals surface area contributed by atoms with Crippen molar-refractivity contribution in [2.24, 2.45) is 44.8 Å². The Bertz CT molecular complexity index is 1850. The summed E-state index contributed by atoms with van der Waals surface area (Å²) in [6.45, 7) is 15.3. The number of aliphatic hydroxyl groups is 1. The van der Waals surface area contributed by atoms with Gasteiger partial charge in [-0.05, 0) is 103 Å². The molecule has 8 atom stereocenters. The zero-order chi connectivity index (χ0) is 40.7. The van der Waals surface area contributed by atoms with Gasteiger partial charge >= 0.3 is 17.9 Å². The van der Waals surface area contributed by atoms with Gasteiger partial charge in [0, 0.05) is 17.8 Å². The number of carbonyl (C=O) groups is 3. The lowest BCUT2D eigenvalue weighted by Crippen LogP contribution is -2.65. The number of nitrogens with zero attached hydrogens (tertiary/aromatic N) is 2. The molecule has 3 fully saturated rings.